The van der Waals surface area contributed by atoms with Crippen LogP contribution in [-0.4, -0.2) is 4.98 Å². The van der Waals surface area contributed by atoms with Crippen molar-refractivity contribution in [3.05, 3.63) is 15.6 Å². The molecule has 1 nitrogen and oxygen atoms in total. The number of aromatic nitrogens is 1. The molecule has 1 aromatic heterocycles. The number of aryl methyl sites for hydroxylation is 2. The first-order valence-corrected chi connectivity index (χ1v) is 6.31. The van der Waals surface area contributed by atoms with Crippen LogP contribution in [0.1, 0.15) is 55.1 Å². The molecule has 0 fully saturated rings. The predicted molar refractivity (Wildman–Crippen MR) is 64.1 cm³/mol. The summed E-state index contributed by atoms with van der Waals surface area (Å²) in [7, 11) is 0. The maximum absolute atomic E-state index is 4.49. The molecule has 0 aliphatic heterocycles. The van der Waals surface area contributed by atoms with Gasteiger partial charge in [0.25, 0.3) is 0 Å². The third-order valence-corrected chi connectivity index (χ3v) is 4.22. The summed E-state index contributed by atoms with van der Waals surface area (Å²) in [6.45, 7) is 11.2. The van der Waals surface area contributed by atoms with Crippen LogP contribution in [0.5, 0.6) is 0 Å². The van der Waals surface area contributed by atoms with Gasteiger partial charge in [0.2, 0.25) is 0 Å². The predicted octanol–water partition coefficient (Wildman–Crippen LogP) is 4.30. The molecule has 1 aromatic rings. The van der Waals surface area contributed by atoms with E-state index < -0.39 is 0 Å². The number of hydrogen-bond donors (Lipinski definition) is 0. The van der Waals surface area contributed by atoms with Crippen LogP contribution in [0.15, 0.2) is 0 Å². The molecule has 0 saturated carbocycles. The number of rotatable bonds is 4. The molecule has 0 spiro atoms. The van der Waals surface area contributed by atoms with Gasteiger partial charge in [-0.1, -0.05) is 33.6 Å². The van der Waals surface area contributed by atoms with Crippen molar-refractivity contribution >= 4 is 11.3 Å². The molecule has 0 aromatic carbocycles. The van der Waals surface area contributed by atoms with Crippen LogP contribution in [0.3, 0.4) is 0 Å². The summed E-state index contributed by atoms with van der Waals surface area (Å²) in [4.78, 5) is 5.98. The summed E-state index contributed by atoms with van der Waals surface area (Å²) in [5.41, 5.74) is 1.24. The van der Waals surface area contributed by atoms with Crippen LogP contribution in [0.2, 0.25) is 0 Å². The molecule has 0 radical (unpaired) electrons. The lowest BCUT2D eigenvalue weighted by Crippen LogP contribution is -2.05. The Kier molecular flexibility index (Phi) is 4.11. The Hall–Kier alpha value is -0.370. The van der Waals surface area contributed by atoms with Gasteiger partial charge in [-0.2, -0.15) is 0 Å². The second-order valence-corrected chi connectivity index (χ2v) is 5.47. The zero-order valence-electron chi connectivity index (χ0n) is 9.92. The molecular formula is C12H21NS. The molecule has 80 valence electrons. The van der Waals surface area contributed by atoms with E-state index in [2.05, 4.69) is 39.6 Å². The first kappa shape index (κ1) is 11.7. The quantitative estimate of drug-likeness (QED) is 0.723. The highest BCUT2D eigenvalue weighted by molar-refractivity contribution is 7.11. The average molecular weight is 211 g/mol. The minimum atomic E-state index is 0.668. The molecule has 0 bridgehead atoms. The fourth-order valence-corrected chi connectivity index (χ4v) is 3.05. The number of hydrogen-bond acceptors (Lipinski definition) is 2. The maximum atomic E-state index is 4.49. The van der Waals surface area contributed by atoms with E-state index in [1.54, 1.807) is 0 Å². The van der Waals surface area contributed by atoms with Gasteiger partial charge in [0.05, 0.1) is 10.7 Å². The molecule has 2 heteroatoms. The van der Waals surface area contributed by atoms with E-state index in [-0.39, 0.29) is 0 Å². The maximum Gasteiger partial charge on any atom is 0.0900 e. The lowest BCUT2D eigenvalue weighted by Gasteiger charge is -2.18. The van der Waals surface area contributed by atoms with E-state index >= 15 is 0 Å². The van der Waals surface area contributed by atoms with E-state index in [0.717, 1.165) is 5.92 Å². The monoisotopic (exact) mass is 211 g/mol. The van der Waals surface area contributed by atoms with Crippen LogP contribution >= 0.6 is 11.3 Å². The largest absolute Gasteiger partial charge is 0.247 e. The van der Waals surface area contributed by atoms with Gasteiger partial charge in [-0.05, 0) is 25.7 Å². The molecule has 14 heavy (non-hydrogen) atoms. The smallest absolute Gasteiger partial charge is 0.0900 e. The third kappa shape index (κ3) is 2.57. The van der Waals surface area contributed by atoms with Gasteiger partial charge in [0.1, 0.15) is 0 Å². The third-order valence-electron chi connectivity index (χ3n) is 2.95. The lowest BCUT2D eigenvalue weighted by molar-refractivity contribution is 0.451. The lowest BCUT2D eigenvalue weighted by atomic mass is 9.90. The van der Waals surface area contributed by atoms with E-state index in [0.29, 0.717) is 5.92 Å². The number of thiazole rings is 1. The fourth-order valence-electron chi connectivity index (χ4n) is 1.93. The Morgan fingerprint density at radius 2 is 1.93 bits per heavy atom. The highest BCUT2D eigenvalue weighted by Gasteiger charge is 2.18. The summed E-state index contributed by atoms with van der Waals surface area (Å²) < 4.78 is 0. The van der Waals surface area contributed by atoms with E-state index in [9.17, 15) is 0 Å². The minimum Gasteiger partial charge on any atom is -0.247 e. The van der Waals surface area contributed by atoms with Crippen molar-refractivity contribution < 1.29 is 0 Å². The summed E-state index contributed by atoms with van der Waals surface area (Å²) in [6, 6.07) is 0. The molecule has 0 aliphatic carbocycles. The second-order valence-electron chi connectivity index (χ2n) is 4.24. The van der Waals surface area contributed by atoms with Crippen LogP contribution in [-0.2, 0) is 0 Å². The van der Waals surface area contributed by atoms with Crippen LogP contribution < -0.4 is 0 Å². The van der Waals surface area contributed by atoms with Gasteiger partial charge < -0.3 is 0 Å². The first-order chi connectivity index (χ1) is 6.56. The Labute approximate surface area is 91.6 Å². The van der Waals surface area contributed by atoms with Crippen LogP contribution in [0.4, 0.5) is 0 Å². The summed E-state index contributed by atoms with van der Waals surface area (Å²) in [5, 5.41) is 1.20. The zero-order chi connectivity index (χ0) is 10.7. The van der Waals surface area contributed by atoms with Crippen LogP contribution in [0, 0.1) is 19.8 Å². The van der Waals surface area contributed by atoms with Gasteiger partial charge in [-0.25, -0.2) is 4.98 Å². The average Bonchev–Trinajstić information content (AvgIpc) is 2.44. The van der Waals surface area contributed by atoms with E-state index in [1.165, 1.54) is 28.4 Å². The van der Waals surface area contributed by atoms with Crippen molar-refractivity contribution in [2.45, 2.75) is 53.4 Å². The van der Waals surface area contributed by atoms with E-state index in [1.807, 2.05) is 11.3 Å². The van der Waals surface area contributed by atoms with Gasteiger partial charge in [0, 0.05) is 4.88 Å². The van der Waals surface area contributed by atoms with Crippen molar-refractivity contribution in [2.75, 3.05) is 0 Å². The van der Waals surface area contributed by atoms with Crippen molar-refractivity contribution in [2.24, 2.45) is 5.92 Å². The van der Waals surface area contributed by atoms with Gasteiger partial charge in [0.15, 0.2) is 0 Å². The molecule has 0 saturated heterocycles. The van der Waals surface area contributed by atoms with Crippen LogP contribution in [0.25, 0.3) is 0 Å². The second kappa shape index (κ2) is 4.92. The molecule has 1 heterocycles. The fraction of sp³-hybridized carbons (Fsp3) is 0.750. The van der Waals surface area contributed by atoms with Gasteiger partial charge >= 0.3 is 0 Å². The molecule has 2 atom stereocenters. The zero-order valence-corrected chi connectivity index (χ0v) is 10.7. The van der Waals surface area contributed by atoms with Gasteiger partial charge in [-0.15, -0.1) is 11.3 Å². The summed E-state index contributed by atoms with van der Waals surface area (Å²) in [6.07, 6.45) is 2.60. The Morgan fingerprint density at radius 1 is 1.29 bits per heavy atom. The molecule has 0 amide bonds. The standard InChI is InChI=1S/C12H21NS/c1-6-7-8(2)9(3)12-10(4)13-11(5)14-12/h8-9H,6-7H2,1-5H3. The highest BCUT2D eigenvalue weighted by Crippen LogP contribution is 2.33. The van der Waals surface area contributed by atoms with Crippen molar-refractivity contribution in [1.29, 1.82) is 0 Å². The topological polar surface area (TPSA) is 12.9 Å². The summed E-state index contributed by atoms with van der Waals surface area (Å²) in [5.74, 6) is 1.44. The molecule has 0 N–H and O–H groups in total. The minimum absolute atomic E-state index is 0.668. The molecule has 0 aliphatic rings. The highest BCUT2D eigenvalue weighted by atomic mass is 32.1. The number of nitrogens with zero attached hydrogens (tertiary/aromatic N) is 1. The normalized spacial score (nSPS) is 15.5. The van der Waals surface area contributed by atoms with E-state index in [4.69, 9.17) is 0 Å². The SMILES string of the molecule is CCCC(C)C(C)c1sc(C)nc1C. The summed E-state index contributed by atoms with van der Waals surface area (Å²) >= 11 is 1.87. The molecule has 1 rings (SSSR count). The van der Waals surface area contributed by atoms with Crippen molar-refractivity contribution in [3.8, 4) is 0 Å². The van der Waals surface area contributed by atoms with Crippen molar-refractivity contribution in [1.82, 2.24) is 4.98 Å². The molecular weight excluding hydrogens is 190 g/mol. The Balaban J connectivity index is 2.77. The first-order valence-electron chi connectivity index (χ1n) is 5.50. The molecule has 2 unspecified atom stereocenters. The van der Waals surface area contributed by atoms with Gasteiger partial charge in [-0.3, -0.25) is 0 Å². The Morgan fingerprint density at radius 3 is 2.36 bits per heavy atom. The Bertz CT molecular complexity index is 291. The van der Waals surface area contributed by atoms with Crippen molar-refractivity contribution in [3.63, 3.8) is 0 Å².